The van der Waals surface area contributed by atoms with Crippen molar-refractivity contribution in [3.8, 4) is 0 Å². The molecule has 1 saturated heterocycles. The third kappa shape index (κ3) is 2.93. The van der Waals surface area contributed by atoms with Gasteiger partial charge in [-0.2, -0.15) is 0 Å². The van der Waals surface area contributed by atoms with Crippen molar-refractivity contribution < 1.29 is 19.1 Å². The lowest BCUT2D eigenvalue weighted by molar-refractivity contribution is -0.152. The van der Waals surface area contributed by atoms with E-state index in [2.05, 4.69) is 0 Å². The van der Waals surface area contributed by atoms with Crippen molar-refractivity contribution in [1.82, 2.24) is 0 Å². The first-order valence-electron chi connectivity index (χ1n) is 7.56. The lowest BCUT2D eigenvalue weighted by Crippen LogP contribution is -2.36. The predicted molar refractivity (Wildman–Crippen MR) is 70.4 cm³/mol. The highest BCUT2D eigenvalue weighted by Gasteiger charge is 2.51. The molecule has 108 valence electrons. The lowest BCUT2D eigenvalue weighted by Gasteiger charge is -2.29. The highest BCUT2D eigenvalue weighted by atomic mass is 16.6. The average Bonchev–Trinajstić information content (AvgIpc) is 2.77. The van der Waals surface area contributed by atoms with Crippen LogP contribution in [0.25, 0.3) is 0 Å². The van der Waals surface area contributed by atoms with E-state index < -0.39 is 0 Å². The van der Waals surface area contributed by atoms with Crippen LogP contribution >= 0.6 is 0 Å². The Bertz CT molecular complexity index is 333. The Balaban J connectivity index is 2.14. The van der Waals surface area contributed by atoms with Gasteiger partial charge >= 0.3 is 11.9 Å². The molecule has 3 atom stereocenters. The van der Waals surface area contributed by atoms with Gasteiger partial charge in [-0.15, -0.1) is 0 Å². The SMILES string of the molecule is CCOC(=O)[C@@H]1[C@H](CC)C(=O)O[C@H]1C1CCCCC1. The number of hydrogen-bond acceptors (Lipinski definition) is 4. The number of rotatable bonds is 4. The minimum Gasteiger partial charge on any atom is -0.466 e. The molecule has 0 aromatic carbocycles. The van der Waals surface area contributed by atoms with Gasteiger partial charge in [0, 0.05) is 0 Å². The minimum absolute atomic E-state index is 0.212. The Morgan fingerprint density at radius 3 is 2.53 bits per heavy atom. The van der Waals surface area contributed by atoms with E-state index in [4.69, 9.17) is 9.47 Å². The van der Waals surface area contributed by atoms with Gasteiger partial charge in [0.05, 0.1) is 12.5 Å². The summed E-state index contributed by atoms with van der Waals surface area (Å²) in [5.74, 6) is -0.831. The zero-order valence-electron chi connectivity index (χ0n) is 11.9. The molecule has 1 aliphatic carbocycles. The Labute approximate surface area is 114 Å². The van der Waals surface area contributed by atoms with Crippen molar-refractivity contribution in [1.29, 1.82) is 0 Å². The monoisotopic (exact) mass is 268 g/mol. The Kier molecular flexibility index (Phi) is 4.83. The Morgan fingerprint density at radius 2 is 1.95 bits per heavy atom. The molecule has 0 N–H and O–H groups in total. The van der Waals surface area contributed by atoms with Crippen LogP contribution in [0.1, 0.15) is 52.4 Å². The maximum Gasteiger partial charge on any atom is 0.313 e. The van der Waals surface area contributed by atoms with Crippen LogP contribution in [-0.4, -0.2) is 24.6 Å². The maximum atomic E-state index is 12.2. The molecular formula is C15H24O4. The third-order valence-corrected chi connectivity index (χ3v) is 4.46. The van der Waals surface area contributed by atoms with E-state index in [1.807, 2.05) is 6.92 Å². The van der Waals surface area contributed by atoms with Gasteiger partial charge in [-0.05, 0) is 32.1 Å². The highest BCUT2D eigenvalue weighted by Crippen LogP contribution is 2.40. The van der Waals surface area contributed by atoms with E-state index in [0.29, 0.717) is 18.9 Å². The van der Waals surface area contributed by atoms with Crippen LogP contribution in [0.2, 0.25) is 0 Å². The summed E-state index contributed by atoms with van der Waals surface area (Å²) in [5.41, 5.74) is 0. The lowest BCUT2D eigenvalue weighted by atomic mass is 9.77. The van der Waals surface area contributed by atoms with Gasteiger partial charge in [0.1, 0.15) is 12.0 Å². The summed E-state index contributed by atoms with van der Waals surface area (Å²) in [6, 6.07) is 0. The number of carbonyl (C=O) groups is 2. The summed E-state index contributed by atoms with van der Waals surface area (Å²) in [6.45, 7) is 4.09. The normalized spacial score (nSPS) is 32.1. The van der Waals surface area contributed by atoms with E-state index in [-0.39, 0.29) is 29.9 Å². The standard InChI is InChI=1S/C15H24O4/c1-3-11-12(15(17)18-4-2)13(19-14(11)16)10-8-6-5-7-9-10/h10-13H,3-9H2,1-2H3/t11-,12+,13-/m0/s1. The van der Waals surface area contributed by atoms with Crippen LogP contribution in [0.3, 0.4) is 0 Å². The fourth-order valence-corrected chi connectivity index (χ4v) is 3.48. The molecule has 1 heterocycles. The van der Waals surface area contributed by atoms with Crippen LogP contribution in [0.5, 0.6) is 0 Å². The highest BCUT2D eigenvalue weighted by molar-refractivity contribution is 5.85. The van der Waals surface area contributed by atoms with Gasteiger partial charge in [-0.25, -0.2) is 0 Å². The van der Waals surface area contributed by atoms with Crippen LogP contribution in [0.15, 0.2) is 0 Å². The van der Waals surface area contributed by atoms with Crippen LogP contribution in [0.4, 0.5) is 0 Å². The van der Waals surface area contributed by atoms with Crippen LogP contribution < -0.4 is 0 Å². The number of carbonyl (C=O) groups excluding carboxylic acids is 2. The van der Waals surface area contributed by atoms with Gasteiger partial charge in [-0.3, -0.25) is 9.59 Å². The van der Waals surface area contributed by atoms with Gasteiger partial charge in [0.15, 0.2) is 0 Å². The molecule has 2 fully saturated rings. The second-order valence-corrected chi connectivity index (χ2v) is 5.59. The molecule has 4 heteroatoms. The zero-order chi connectivity index (χ0) is 13.8. The molecule has 0 bridgehead atoms. The summed E-state index contributed by atoms with van der Waals surface area (Å²) in [4.78, 5) is 24.1. The molecule has 2 rings (SSSR count). The summed E-state index contributed by atoms with van der Waals surface area (Å²) < 4.78 is 10.7. The topological polar surface area (TPSA) is 52.6 Å². The molecule has 0 aromatic rings. The van der Waals surface area contributed by atoms with Gasteiger partial charge in [0.25, 0.3) is 0 Å². The summed E-state index contributed by atoms with van der Waals surface area (Å²) >= 11 is 0. The van der Waals surface area contributed by atoms with Crippen molar-refractivity contribution >= 4 is 11.9 Å². The fraction of sp³-hybridized carbons (Fsp3) is 0.867. The van der Waals surface area contributed by atoms with Crippen molar-refractivity contribution in [2.24, 2.45) is 17.8 Å². The molecule has 0 radical (unpaired) electrons. The van der Waals surface area contributed by atoms with E-state index in [0.717, 1.165) is 12.8 Å². The summed E-state index contributed by atoms with van der Waals surface area (Å²) in [6.07, 6.45) is 6.10. The van der Waals surface area contributed by atoms with Crippen molar-refractivity contribution in [2.75, 3.05) is 6.61 Å². The summed E-state index contributed by atoms with van der Waals surface area (Å²) in [5, 5.41) is 0. The number of cyclic esters (lactones) is 1. The van der Waals surface area contributed by atoms with Crippen LogP contribution in [0, 0.1) is 17.8 Å². The smallest absolute Gasteiger partial charge is 0.313 e. The predicted octanol–water partition coefficient (Wildman–Crippen LogP) is 2.70. The van der Waals surface area contributed by atoms with Crippen molar-refractivity contribution in [3.05, 3.63) is 0 Å². The molecule has 0 aromatic heterocycles. The van der Waals surface area contributed by atoms with Crippen molar-refractivity contribution in [2.45, 2.75) is 58.5 Å². The molecule has 0 spiro atoms. The minimum atomic E-state index is -0.388. The number of hydrogen-bond donors (Lipinski definition) is 0. The third-order valence-electron chi connectivity index (χ3n) is 4.46. The zero-order valence-corrected chi connectivity index (χ0v) is 11.9. The molecule has 4 nitrogen and oxygen atoms in total. The molecule has 0 unspecified atom stereocenters. The number of ether oxygens (including phenoxy) is 2. The maximum absolute atomic E-state index is 12.2. The van der Waals surface area contributed by atoms with Crippen LogP contribution in [-0.2, 0) is 19.1 Å². The first-order chi connectivity index (χ1) is 9.19. The van der Waals surface area contributed by atoms with Gasteiger partial charge in [0.2, 0.25) is 0 Å². The summed E-state index contributed by atoms with van der Waals surface area (Å²) in [7, 11) is 0. The molecular weight excluding hydrogens is 244 g/mol. The molecule has 2 aliphatic rings. The molecule has 0 amide bonds. The molecule has 19 heavy (non-hydrogen) atoms. The first kappa shape index (κ1) is 14.4. The molecule has 1 aliphatic heterocycles. The molecule has 1 saturated carbocycles. The Morgan fingerprint density at radius 1 is 1.26 bits per heavy atom. The van der Waals surface area contributed by atoms with E-state index >= 15 is 0 Å². The quantitative estimate of drug-likeness (QED) is 0.736. The van der Waals surface area contributed by atoms with Gasteiger partial charge < -0.3 is 9.47 Å². The number of esters is 2. The Hall–Kier alpha value is -1.06. The largest absolute Gasteiger partial charge is 0.466 e. The first-order valence-corrected chi connectivity index (χ1v) is 7.56. The second-order valence-electron chi connectivity index (χ2n) is 5.59. The van der Waals surface area contributed by atoms with E-state index in [1.54, 1.807) is 6.92 Å². The second kappa shape index (κ2) is 6.40. The fourth-order valence-electron chi connectivity index (χ4n) is 3.48. The van der Waals surface area contributed by atoms with Crippen molar-refractivity contribution in [3.63, 3.8) is 0 Å². The van der Waals surface area contributed by atoms with Gasteiger partial charge in [-0.1, -0.05) is 26.2 Å². The van der Waals surface area contributed by atoms with E-state index in [1.165, 1.54) is 19.3 Å². The average molecular weight is 268 g/mol. The van der Waals surface area contributed by atoms with E-state index in [9.17, 15) is 9.59 Å².